The zero-order chi connectivity index (χ0) is 24.0. The number of ketones is 1. The number of nitrogens with zero attached hydrogens (tertiary/aromatic N) is 1. The Kier molecular flexibility index (Phi) is 5.24. The van der Waals surface area contributed by atoms with Crippen LogP contribution in [0.25, 0.3) is 0 Å². The minimum absolute atomic E-state index is 0.143. The normalized spacial score (nSPS) is 24.5. The lowest BCUT2D eigenvalue weighted by Gasteiger charge is -2.38. The van der Waals surface area contributed by atoms with Gasteiger partial charge < -0.3 is 14.6 Å². The second kappa shape index (κ2) is 8.33. The third-order valence-electron chi connectivity index (χ3n) is 6.99. The average molecular weight is 528 g/mol. The number of halogens is 1. The molecule has 6 heteroatoms. The van der Waals surface area contributed by atoms with E-state index >= 15 is 0 Å². The van der Waals surface area contributed by atoms with Crippen LogP contribution in [0, 0.1) is 0 Å². The van der Waals surface area contributed by atoms with E-state index < -0.39 is 17.1 Å². The Bertz CT molecular complexity index is 1390. The number of aliphatic hydroxyl groups is 1. The molecule has 0 radical (unpaired) electrons. The van der Waals surface area contributed by atoms with E-state index in [0.717, 1.165) is 15.6 Å². The molecule has 0 amide bonds. The van der Waals surface area contributed by atoms with E-state index in [1.54, 1.807) is 12.3 Å². The first-order valence-corrected chi connectivity index (χ1v) is 12.2. The fraction of sp³-hybridized carbons (Fsp3) is 0.172. The SMILES string of the molecule is O=C1C[C@@H](c2ccccc2)[C@]2(c3ccc(Br)cc3)Oc3cc(OCc4ccccc4)cnc3[C@]12O. The van der Waals surface area contributed by atoms with E-state index in [-0.39, 0.29) is 17.9 Å². The third-order valence-corrected chi connectivity index (χ3v) is 7.51. The largest absolute Gasteiger partial charge is 0.487 e. The lowest BCUT2D eigenvalue weighted by molar-refractivity contribution is -0.151. The molecule has 0 saturated heterocycles. The van der Waals surface area contributed by atoms with Gasteiger partial charge in [-0.05, 0) is 28.8 Å². The Morgan fingerprint density at radius 3 is 2.40 bits per heavy atom. The van der Waals surface area contributed by atoms with Gasteiger partial charge in [0.25, 0.3) is 0 Å². The van der Waals surface area contributed by atoms with Crippen LogP contribution in [-0.4, -0.2) is 15.9 Å². The summed E-state index contributed by atoms with van der Waals surface area (Å²) in [5.74, 6) is 0.157. The number of hydrogen-bond donors (Lipinski definition) is 1. The summed E-state index contributed by atoms with van der Waals surface area (Å²) in [6.07, 6.45) is 1.69. The van der Waals surface area contributed by atoms with E-state index in [9.17, 15) is 9.90 Å². The van der Waals surface area contributed by atoms with Gasteiger partial charge in [0.2, 0.25) is 5.60 Å². The van der Waals surface area contributed by atoms with Crippen LogP contribution in [-0.2, 0) is 22.6 Å². The Hall–Kier alpha value is -3.48. The standard InChI is InChI=1S/C29H22BrNO4/c30-22-13-11-21(12-14-22)29-24(20-9-5-2-6-10-20)16-26(32)28(29,33)27-25(35-29)15-23(17-31-27)34-18-19-7-3-1-4-8-19/h1-15,17,24,33H,16,18H2/t24-,28+,29-/m0/s1. The maximum Gasteiger partial charge on any atom is 0.213 e. The van der Waals surface area contributed by atoms with Gasteiger partial charge >= 0.3 is 0 Å². The second-order valence-corrected chi connectivity index (χ2v) is 9.85. The molecule has 1 aliphatic carbocycles. The number of fused-ring (bicyclic) bond motifs is 3. The number of carbonyl (C=O) groups excluding carboxylic acids is 1. The predicted molar refractivity (Wildman–Crippen MR) is 134 cm³/mol. The summed E-state index contributed by atoms with van der Waals surface area (Å²) >= 11 is 3.48. The highest BCUT2D eigenvalue weighted by Gasteiger charge is 2.74. The van der Waals surface area contributed by atoms with Crippen molar-refractivity contribution in [3.8, 4) is 11.5 Å². The number of pyridine rings is 1. The number of carbonyl (C=O) groups is 1. The predicted octanol–water partition coefficient (Wildman–Crippen LogP) is 5.66. The number of aromatic nitrogens is 1. The zero-order valence-corrected chi connectivity index (χ0v) is 20.3. The number of ether oxygens (including phenoxy) is 2. The molecular weight excluding hydrogens is 506 g/mol. The van der Waals surface area contributed by atoms with Gasteiger partial charge in [-0.1, -0.05) is 88.7 Å². The minimum atomic E-state index is -1.92. The van der Waals surface area contributed by atoms with E-state index in [1.807, 2.05) is 84.9 Å². The fourth-order valence-electron chi connectivity index (χ4n) is 5.36. The Labute approximate surface area is 211 Å². The Balaban J connectivity index is 1.46. The van der Waals surface area contributed by atoms with Crippen molar-refractivity contribution < 1.29 is 19.4 Å². The minimum Gasteiger partial charge on any atom is -0.487 e. The summed E-state index contributed by atoms with van der Waals surface area (Å²) in [4.78, 5) is 18.1. The van der Waals surface area contributed by atoms with Crippen molar-refractivity contribution in [1.29, 1.82) is 0 Å². The van der Waals surface area contributed by atoms with Crippen molar-refractivity contribution in [2.24, 2.45) is 0 Å². The topological polar surface area (TPSA) is 68.7 Å². The average Bonchev–Trinajstić information content (AvgIpc) is 3.29. The highest BCUT2D eigenvalue weighted by atomic mass is 79.9. The lowest BCUT2D eigenvalue weighted by Crippen LogP contribution is -2.51. The molecule has 0 spiro atoms. The van der Waals surface area contributed by atoms with Crippen molar-refractivity contribution in [2.75, 3.05) is 0 Å². The first-order valence-electron chi connectivity index (χ1n) is 11.5. The number of hydrogen-bond acceptors (Lipinski definition) is 5. The summed E-state index contributed by atoms with van der Waals surface area (Å²) < 4.78 is 13.5. The van der Waals surface area contributed by atoms with E-state index in [2.05, 4.69) is 20.9 Å². The van der Waals surface area contributed by atoms with Crippen molar-refractivity contribution >= 4 is 21.7 Å². The van der Waals surface area contributed by atoms with E-state index in [0.29, 0.717) is 23.7 Å². The molecule has 2 aliphatic rings. The molecule has 1 aromatic heterocycles. The van der Waals surface area contributed by atoms with Crippen LogP contribution in [0.3, 0.4) is 0 Å². The van der Waals surface area contributed by atoms with Crippen LogP contribution in [0.5, 0.6) is 11.5 Å². The number of rotatable bonds is 5. The van der Waals surface area contributed by atoms with Gasteiger partial charge in [0, 0.05) is 22.9 Å². The van der Waals surface area contributed by atoms with Crippen LogP contribution in [0.15, 0.2) is 102 Å². The Morgan fingerprint density at radius 1 is 1.00 bits per heavy atom. The molecule has 1 fully saturated rings. The number of benzene rings is 3. The highest BCUT2D eigenvalue weighted by molar-refractivity contribution is 9.10. The molecule has 1 saturated carbocycles. The molecule has 1 aliphatic heterocycles. The van der Waals surface area contributed by atoms with Crippen LogP contribution >= 0.6 is 15.9 Å². The lowest BCUT2D eigenvalue weighted by atomic mass is 9.72. The van der Waals surface area contributed by atoms with Gasteiger partial charge in [0.1, 0.15) is 23.8 Å². The molecule has 5 nitrogen and oxygen atoms in total. The van der Waals surface area contributed by atoms with Gasteiger partial charge in [0.15, 0.2) is 11.4 Å². The van der Waals surface area contributed by atoms with E-state index in [1.165, 1.54) is 0 Å². The van der Waals surface area contributed by atoms with Crippen molar-refractivity contribution in [2.45, 2.75) is 30.1 Å². The van der Waals surface area contributed by atoms with Crippen LogP contribution in [0.1, 0.15) is 34.7 Å². The molecular formula is C29H22BrNO4. The molecule has 6 rings (SSSR count). The first kappa shape index (κ1) is 22.0. The summed E-state index contributed by atoms with van der Waals surface area (Å²) in [5.41, 5.74) is -0.375. The second-order valence-electron chi connectivity index (χ2n) is 8.94. The Morgan fingerprint density at radius 2 is 1.69 bits per heavy atom. The zero-order valence-electron chi connectivity index (χ0n) is 18.7. The molecule has 1 N–H and O–H groups in total. The molecule has 35 heavy (non-hydrogen) atoms. The molecule has 0 bridgehead atoms. The number of Topliss-reactive ketones (excluding diaryl/α,β-unsaturated/α-hetero) is 1. The molecule has 174 valence electrons. The summed E-state index contributed by atoms with van der Waals surface area (Å²) in [7, 11) is 0. The van der Waals surface area contributed by atoms with Gasteiger partial charge in [-0.3, -0.25) is 4.79 Å². The molecule has 3 atom stereocenters. The fourth-order valence-corrected chi connectivity index (χ4v) is 5.63. The van der Waals surface area contributed by atoms with Gasteiger partial charge in [0.05, 0.1) is 6.20 Å². The van der Waals surface area contributed by atoms with Crippen LogP contribution in [0.2, 0.25) is 0 Å². The van der Waals surface area contributed by atoms with Gasteiger partial charge in [-0.2, -0.15) is 0 Å². The summed E-state index contributed by atoms with van der Waals surface area (Å²) in [5, 5.41) is 12.2. The van der Waals surface area contributed by atoms with Gasteiger partial charge in [-0.25, -0.2) is 4.98 Å². The maximum absolute atomic E-state index is 13.6. The van der Waals surface area contributed by atoms with E-state index in [4.69, 9.17) is 9.47 Å². The quantitative estimate of drug-likeness (QED) is 0.363. The molecule has 0 unspecified atom stereocenters. The highest BCUT2D eigenvalue weighted by Crippen LogP contribution is 2.64. The molecule has 3 aromatic carbocycles. The van der Waals surface area contributed by atoms with Crippen molar-refractivity contribution in [3.63, 3.8) is 0 Å². The van der Waals surface area contributed by atoms with Crippen molar-refractivity contribution in [3.05, 3.63) is 124 Å². The third kappa shape index (κ3) is 3.32. The summed E-state index contributed by atoms with van der Waals surface area (Å²) in [6.45, 7) is 0.370. The smallest absolute Gasteiger partial charge is 0.213 e. The van der Waals surface area contributed by atoms with Crippen LogP contribution < -0.4 is 9.47 Å². The van der Waals surface area contributed by atoms with Crippen LogP contribution in [0.4, 0.5) is 0 Å². The molecule has 4 aromatic rings. The van der Waals surface area contributed by atoms with Gasteiger partial charge in [-0.15, -0.1) is 0 Å². The monoisotopic (exact) mass is 527 g/mol. The van der Waals surface area contributed by atoms with Crippen molar-refractivity contribution in [1.82, 2.24) is 4.98 Å². The summed E-state index contributed by atoms with van der Waals surface area (Å²) in [6, 6.07) is 28.9. The molecule has 2 heterocycles. The maximum atomic E-state index is 13.6. The first-order chi connectivity index (χ1) is 17.0.